The summed E-state index contributed by atoms with van der Waals surface area (Å²) in [6, 6.07) is 3.92. The van der Waals surface area contributed by atoms with Crippen LogP contribution >= 0.6 is 0 Å². The first-order valence-electron chi connectivity index (χ1n) is 5.89. The number of alkyl halides is 3. The van der Waals surface area contributed by atoms with E-state index in [0.717, 1.165) is 17.0 Å². The Morgan fingerprint density at radius 3 is 2.41 bits per heavy atom. The molecule has 0 spiro atoms. The lowest BCUT2D eigenvalue weighted by atomic mass is 10.1. The average Bonchev–Trinajstić information content (AvgIpc) is 2.79. The molecular weight excluding hydrogens is 328 g/mol. The molecule has 22 heavy (non-hydrogen) atoms. The number of halogens is 4. The van der Waals surface area contributed by atoms with Gasteiger partial charge in [-0.3, -0.25) is 4.79 Å². The van der Waals surface area contributed by atoms with Crippen LogP contribution in [-0.2, 0) is 21.2 Å². The van der Waals surface area contributed by atoms with Gasteiger partial charge in [0.25, 0.3) is 0 Å². The predicted octanol–water partition coefficient (Wildman–Crippen LogP) is 1.98. The summed E-state index contributed by atoms with van der Waals surface area (Å²) in [5.74, 6) is -0.802. The van der Waals surface area contributed by atoms with Gasteiger partial charge in [-0.15, -0.1) is 3.89 Å². The highest BCUT2D eigenvalue weighted by Gasteiger charge is 2.40. The second kappa shape index (κ2) is 5.24. The number of anilines is 1. The van der Waals surface area contributed by atoms with Gasteiger partial charge in [-0.1, -0.05) is 0 Å². The molecule has 10 heteroatoms. The number of hydrogen-bond donors (Lipinski definition) is 0. The second-order valence-corrected chi connectivity index (χ2v) is 6.26. The molecule has 1 aromatic carbocycles. The van der Waals surface area contributed by atoms with E-state index in [4.69, 9.17) is 5.26 Å². The molecule has 1 atom stereocenters. The summed E-state index contributed by atoms with van der Waals surface area (Å²) in [6.45, 7) is -0.569. The molecule has 1 amide bonds. The first-order valence-corrected chi connectivity index (χ1v) is 7.34. The molecule has 1 unspecified atom stereocenters. The molecule has 2 rings (SSSR count). The van der Waals surface area contributed by atoms with Crippen molar-refractivity contribution in [3.05, 3.63) is 29.3 Å². The Morgan fingerprint density at radius 1 is 1.32 bits per heavy atom. The fourth-order valence-corrected chi connectivity index (χ4v) is 2.81. The van der Waals surface area contributed by atoms with Crippen LogP contribution in [0, 0.1) is 11.3 Å². The zero-order valence-electron chi connectivity index (χ0n) is 10.8. The molecule has 1 fully saturated rings. The van der Waals surface area contributed by atoms with Gasteiger partial charge in [0.15, 0.2) is 0 Å². The zero-order chi connectivity index (χ0) is 16.7. The van der Waals surface area contributed by atoms with Gasteiger partial charge in [-0.25, -0.2) is 0 Å². The quantitative estimate of drug-likeness (QED) is 0.611. The molecule has 1 aromatic rings. The lowest BCUT2D eigenvalue weighted by Crippen LogP contribution is -2.27. The predicted molar refractivity (Wildman–Crippen MR) is 66.9 cm³/mol. The fraction of sp³-hybridized carbons (Fsp3) is 0.333. The molecular formula is C12H8F4N2O3S. The molecule has 1 aliphatic heterocycles. The highest BCUT2D eigenvalue weighted by Crippen LogP contribution is 2.35. The van der Waals surface area contributed by atoms with Crippen LogP contribution in [0.3, 0.4) is 0 Å². The number of amides is 1. The Morgan fingerprint density at radius 2 is 1.95 bits per heavy atom. The standard InChI is InChI=1S/C12H8F4N2O3S/c13-12(14,15)10-3-8(2-1-7(10)5-17)18-6-9(4-11(18)19)22(16,20)21/h1-3,9H,4,6H2. The average molecular weight is 336 g/mol. The van der Waals surface area contributed by atoms with Gasteiger partial charge in [0.2, 0.25) is 5.91 Å². The van der Waals surface area contributed by atoms with E-state index in [1.165, 1.54) is 6.07 Å². The number of rotatable bonds is 2. The third-order valence-electron chi connectivity index (χ3n) is 3.23. The van der Waals surface area contributed by atoms with E-state index >= 15 is 0 Å². The smallest absolute Gasteiger partial charge is 0.311 e. The summed E-state index contributed by atoms with van der Waals surface area (Å²) >= 11 is 0. The molecule has 0 N–H and O–H groups in total. The molecule has 118 valence electrons. The summed E-state index contributed by atoms with van der Waals surface area (Å²) in [6.07, 6.45) is -5.45. The molecule has 0 radical (unpaired) electrons. The summed E-state index contributed by atoms with van der Waals surface area (Å²) in [5.41, 5.74) is -2.10. The van der Waals surface area contributed by atoms with Crippen LogP contribution in [-0.4, -0.2) is 26.1 Å². The molecule has 0 aliphatic carbocycles. The normalized spacial score (nSPS) is 19.3. The summed E-state index contributed by atoms with van der Waals surface area (Å²) in [5, 5.41) is 7.07. The van der Waals surface area contributed by atoms with Gasteiger partial charge in [0, 0.05) is 18.7 Å². The number of carbonyl (C=O) groups is 1. The first kappa shape index (κ1) is 16.2. The van der Waals surface area contributed by atoms with Gasteiger partial charge in [0.1, 0.15) is 5.25 Å². The summed E-state index contributed by atoms with van der Waals surface area (Å²) in [4.78, 5) is 12.5. The van der Waals surface area contributed by atoms with Crippen LogP contribution in [0.2, 0.25) is 0 Å². The van der Waals surface area contributed by atoms with Crippen molar-refractivity contribution < 1.29 is 30.3 Å². The van der Waals surface area contributed by atoms with Crippen molar-refractivity contribution >= 4 is 21.8 Å². The maximum Gasteiger partial charge on any atom is 0.417 e. The van der Waals surface area contributed by atoms with Gasteiger partial charge >= 0.3 is 16.4 Å². The van der Waals surface area contributed by atoms with Crippen molar-refractivity contribution in [2.75, 3.05) is 11.4 Å². The van der Waals surface area contributed by atoms with E-state index in [-0.39, 0.29) is 5.69 Å². The van der Waals surface area contributed by atoms with E-state index < -0.39 is 51.6 Å². The third-order valence-corrected chi connectivity index (χ3v) is 4.34. The Kier molecular flexibility index (Phi) is 3.87. The first-order chi connectivity index (χ1) is 10.0. The van der Waals surface area contributed by atoms with Crippen LogP contribution in [0.15, 0.2) is 18.2 Å². The molecule has 0 bridgehead atoms. The number of hydrogen-bond acceptors (Lipinski definition) is 4. The lowest BCUT2D eigenvalue weighted by molar-refractivity contribution is -0.137. The zero-order valence-corrected chi connectivity index (χ0v) is 11.6. The maximum atomic E-state index is 12.9. The minimum Gasteiger partial charge on any atom is -0.311 e. The van der Waals surface area contributed by atoms with Crippen molar-refractivity contribution in [1.82, 2.24) is 0 Å². The van der Waals surface area contributed by atoms with E-state index in [0.29, 0.717) is 6.07 Å². The topological polar surface area (TPSA) is 78.2 Å². The molecule has 0 aromatic heterocycles. The van der Waals surface area contributed by atoms with E-state index in [9.17, 15) is 30.3 Å². The largest absolute Gasteiger partial charge is 0.417 e. The van der Waals surface area contributed by atoms with Crippen molar-refractivity contribution in [3.63, 3.8) is 0 Å². The number of nitrogens with zero attached hydrogens (tertiary/aromatic N) is 2. The van der Waals surface area contributed by atoms with E-state index in [2.05, 4.69) is 0 Å². The Balaban J connectivity index is 2.43. The molecule has 5 nitrogen and oxygen atoms in total. The monoisotopic (exact) mass is 336 g/mol. The van der Waals surface area contributed by atoms with Gasteiger partial charge < -0.3 is 4.90 Å². The maximum absolute atomic E-state index is 12.9. The van der Waals surface area contributed by atoms with Crippen molar-refractivity contribution in [2.24, 2.45) is 0 Å². The number of carbonyl (C=O) groups excluding carboxylic acids is 1. The second-order valence-electron chi connectivity index (χ2n) is 4.65. The molecule has 1 heterocycles. The Labute approximate surface area is 123 Å². The Hall–Kier alpha value is -2.15. The highest BCUT2D eigenvalue weighted by atomic mass is 32.3. The molecule has 1 saturated heterocycles. The summed E-state index contributed by atoms with van der Waals surface area (Å²) in [7, 11) is -4.96. The highest BCUT2D eigenvalue weighted by molar-refractivity contribution is 7.87. The minimum absolute atomic E-state index is 0.234. The third kappa shape index (κ3) is 3.04. The number of benzene rings is 1. The van der Waals surface area contributed by atoms with Crippen LogP contribution in [0.1, 0.15) is 17.5 Å². The van der Waals surface area contributed by atoms with E-state index in [1.807, 2.05) is 0 Å². The molecule has 1 aliphatic rings. The van der Waals surface area contributed by atoms with Crippen LogP contribution in [0.5, 0.6) is 0 Å². The van der Waals surface area contributed by atoms with Crippen LogP contribution in [0.25, 0.3) is 0 Å². The molecule has 0 saturated carbocycles. The summed E-state index contributed by atoms with van der Waals surface area (Å²) < 4.78 is 73.1. The number of nitriles is 1. The van der Waals surface area contributed by atoms with Gasteiger partial charge in [0.05, 0.1) is 17.2 Å². The lowest BCUT2D eigenvalue weighted by Gasteiger charge is -2.18. The fourth-order valence-electron chi connectivity index (χ4n) is 2.15. The van der Waals surface area contributed by atoms with E-state index in [1.54, 1.807) is 0 Å². The van der Waals surface area contributed by atoms with Crippen molar-refractivity contribution in [1.29, 1.82) is 5.26 Å². The van der Waals surface area contributed by atoms with Gasteiger partial charge in [-0.2, -0.15) is 26.9 Å². The SMILES string of the molecule is N#Cc1ccc(N2CC(S(=O)(=O)F)CC2=O)cc1C(F)(F)F. The van der Waals surface area contributed by atoms with Crippen LogP contribution in [0.4, 0.5) is 22.7 Å². The Bertz CT molecular complexity index is 768. The van der Waals surface area contributed by atoms with Crippen molar-refractivity contribution in [2.45, 2.75) is 17.8 Å². The van der Waals surface area contributed by atoms with Crippen molar-refractivity contribution in [3.8, 4) is 6.07 Å². The minimum atomic E-state index is -4.96. The van der Waals surface area contributed by atoms with Gasteiger partial charge in [-0.05, 0) is 18.2 Å². The van der Waals surface area contributed by atoms with Crippen LogP contribution < -0.4 is 4.90 Å².